The van der Waals surface area contributed by atoms with Gasteiger partial charge in [-0.1, -0.05) is 29.0 Å². The summed E-state index contributed by atoms with van der Waals surface area (Å²) in [6.07, 6.45) is 0.834. The van der Waals surface area contributed by atoms with Crippen molar-refractivity contribution in [1.82, 2.24) is 9.88 Å². The second kappa shape index (κ2) is 10.5. The van der Waals surface area contributed by atoms with Crippen molar-refractivity contribution in [3.63, 3.8) is 0 Å². The van der Waals surface area contributed by atoms with Crippen molar-refractivity contribution in [1.29, 1.82) is 0 Å². The van der Waals surface area contributed by atoms with E-state index in [0.717, 1.165) is 55.1 Å². The summed E-state index contributed by atoms with van der Waals surface area (Å²) in [6.45, 7) is 8.80. The van der Waals surface area contributed by atoms with Gasteiger partial charge in [0.2, 0.25) is 0 Å². The Morgan fingerprint density at radius 1 is 1.19 bits per heavy atom. The molecule has 1 aromatic heterocycles. The van der Waals surface area contributed by atoms with Gasteiger partial charge in [-0.3, -0.25) is 14.6 Å². The number of carbonyl (C=O) groups excluding carboxylic acids is 1. The maximum Gasteiger partial charge on any atom is 0.260 e. The molecule has 2 heterocycles. The van der Waals surface area contributed by atoms with Crippen LogP contribution in [0.25, 0.3) is 10.2 Å². The molecule has 166 valence electrons. The van der Waals surface area contributed by atoms with Crippen LogP contribution in [0.1, 0.15) is 27.9 Å². The Labute approximate surface area is 192 Å². The Kier molecular flexibility index (Phi) is 8.00. The molecule has 1 fully saturated rings. The highest BCUT2D eigenvalue weighted by molar-refractivity contribution is 7.22. The standard InChI is InChI=1S/C23H26FN3O2S.ClH/c1-16-4-6-19(17(2)14-16)22(28)27(9-3-8-26-10-12-29-13-11-26)23-25-20-7-5-18(24)15-21(20)30-23;/h4-7,14-15H,3,8-13H2,1-2H3;1H. The molecule has 1 aliphatic heterocycles. The number of thiazole rings is 1. The van der Waals surface area contributed by atoms with E-state index in [-0.39, 0.29) is 24.1 Å². The van der Waals surface area contributed by atoms with Crippen LogP contribution in [-0.2, 0) is 4.74 Å². The zero-order chi connectivity index (χ0) is 21.1. The molecule has 0 aliphatic carbocycles. The first-order valence-electron chi connectivity index (χ1n) is 10.3. The van der Waals surface area contributed by atoms with Crippen LogP contribution in [-0.4, -0.2) is 55.2 Å². The highest BCUT2D eigenvalue weighted by Crippen LogP contribution is 2.31. The number of nitrogens with zero attached hydrogens (tertiary/aromatic N) is 3. The van der Waals surface area contributed by atoms with Gasteiger partial charge in [0.15, 0.2) is 5.13 Å². The van der Waals surface area contributed by atoms with Gasteiger partial charge in [-0.15, -0.1) is 12.4 Å². The molecule has 31 heavy (non-hydrogen) atoms. The monoisotopic (exact) mass is 463 g/mol. The van der Waals surface area contributed by atoms with Crippen molar-refractivity contribution in [2.45, 2.75) is 20.3 Å². The Hall–Kier alpha value is -2.06. The van der Waals surface area contributed by atoms with E-state index in [1.807, 2.05) is 32.0 Å². The molecular weight excluding hydrogens is 437 g/mol. The van der Waals surface area contributed by atoms with E-state index >= 15 is 0 Å². The molecule has 0 atom stereocenters. The lowest BCUT2D eigenvalue weighted by molar-refractivity contribution is 0.0376. The lowest BCUT2D eigenvalue weighted by Gasteiger charge is -2.28. The van der Waals surface area contributed by atoms with Crippen molar-refractivity contribution in [3.8, 4) is 0 Å². The Balaban J connectivity index is 0.00000272. The second-order valence-electron chi connectivity index (χ2n) is 7.69. The van der Waals surface area contributed by atoms with Gasteiger partial charge in [0.1, 0.15) is 5.82 Å². The average molecular weight is 464 g/mol. The summed E-state index contributed by atoms with van der Waals surface area (Å²) >= 11 is 1.36. The fourth-order valence-corrected chi connectivity index (χ4v) is 4.78. The third-order valence-electron chi connectivity index (χ3n) is 5.39. The Morgan fingerprint density at radius 2 is 1.97 bits per heavy atom. The highest BCUT2D eigenvalue weighted by atomic mass is 35.5. The molecule has 1 saturated heterocycles. The van der Waals surface area contributed by atoms with Crippen LogP contribution in [0, 0.1) is 19.7 Å². The molecule has 3 aromatic rings. The quantitative estimate of drug-likeness (QED) is 0.524. The molecule has 0 unspecified atom stereocenters. The number of carbonyl (C=O) groups is 1. The number of hydrogen-bond donors (Lipinski definition) is 0. The van der Waals surface area contributed by atoms with Crippen molar-refractivity contribution in [3.05, 3.63) is 58.9 Å². The zero-order valence-corrected chi connectivity index (χ0v) is 19.4. The summed E-state index contributed by atoms with van der Waals surface area (Å²) < 4.78 is 19.8. The zero-order valence-electron chi connectivity index (χ0n) is 17.8. The minimum Gasteiger partial charge on any atom is -0.379 e. The normalized spacial score (nSPS) is 14.4. The van der Waals surface area contributed by atoms with E-state index < -0.39 is 0 Å². The molecule has 0 N–H and O–H groups in total. The number of halogens is 2. The van der Waals surface area contributed by atoms with Gasteiger partial charge in [-0.05, 0) is 50.1 Å². The molecule has 1 amide bonds. The summed E-state index contributed by atoms with van der Waals surface area (Å²) in [4.78, 5) is 22.2. The van der Waals surface area contributed by atoms with Gasteiger partial charge in [0.05, 0.1) is 23.4 Å². The smallest absolute Gasteiger partial charge is 0.260 e. The van der Waals surface area contributed by atoms with Gasteiger partial charge in [0.25, 0.3) is 5.91 Å². The molecule has 0 saturated carbocycles. The van der Waals surface area contributed by atoms with Crippen LogP contribution in [0.3, 0.4) is 0 Å². The predicted octanol–water partition coefficient (Wildman–Crippen LogP) is 4.84. The van der Waals surface area contributed by atoms with Crippen LogP contribution in [0.4, 0.5) is 9.52 Å². The number of hydrogen-bond acceptors (Lipinski definition) is 5. The van der Waals surface area contributed by atoms with Crippen molar-refractivity contribution >= 4 is 45.0 Å². The third kappa shape index (κ3) is 5.60. The Bertz CT molecular complexity index is 1050. The number of anilines is 1. The summed E-state index contributed by atoms with van der Waals surface area (Å²) in [6, 6.07) is 10.4. The highest BCUT2D eigenvalue weighted by Gasteiger charge is 2.23. The van der Waals surface area contributed by atoms with Crippen LogP contribution in [0.2, 0.25) is 0 Å². The summed E-state index contributed by atoms with van der Waals surface area (Å²) in [5.74, 6) is -0.355. The van der Waals surface area contributed by atoms with Crippen LogP contribution in [0.5, 0.6) is 0 Å². The minimum absolute atomic E-state index is 0. The van der Waals surface area contributed by atoms with Crippen molar-refractivity contribution in [2.75, 3.05) is 44.3 Å². The molecule has 1 aliphatic rings. The van der Waals surface area contributed by atoms with Crippen LogP contribution < -0.4 is 4.90 Å². The van der Waals surface area contributed by atoms with E-state index in [1.165, 1.54) is 23.5 Å². The molecule has 5 nitrogen and oxygen atoms in total. The molecule has 0 spiro atoms. The number of benzene rings is 2. The Morgan fingerprint density at radius 3 is 2.71 bits per heavy atom. The van der Waals surface area contributed by atoms with Gasteiger partial charge in [-0.25, -0.2) is 9.37 Å². The maximum atomic E-state index is 13.7. The van der Waals surface area contributed by atoms with E-state index in [4.69, 9.17) is 4.74 Å². The summed E-state index contributed by atoms with van der Waals surface area (Å²) in [5, 5.41) is 0.613. The minimum atomic E-state index is -0.294. The molecule has 0 bridgehead atoms. The maximum absolute atomic E-state index is 13.7. The molecular formula is C23H27ClFN3O2S. The van der Waals surface area contributed by atoms with E-state index in [9.17, 15) is 9.18 Å². The van der Waals surface area contributed by atoms with Crippen LogP contribution in [0.15, 0.2) is 36.4 Å². The first-order chi connectivity index (χ1) is 14.5. The van der Waals surface area contributed by atoms with Crippen molar-refractivity contribution < 1.29 is 13.9 Å². The molecule has 8 heteroatoms. The van der Waals surface area contributed by atoms with E-state index in [2.05, 4.69) is 9.88 Å². The first-order valence-corrected chi connectivity index (χ1v) is 11.1. The van der Waals surface area contributed by atoms with Crippen LogP contribution >= 0.6 is 23.7 Å². The fourth-order valence-electron chi connectivity index (χ4n) is 3.76. The number of rotatable bonds is 6. The number of ether oxygens (including phenoxy) is 1. The number of aryl methyl sites for hydroxylation is 2. The number of aromatic nitrogens is 1. The van der Waals surface area contributed by atoms with Crippen molar-refractivity contribution in [2.24, 2.45) is 0 Å². The lowest BCUT2D eigenvalue weighted by atomic mass is 10.0. The average Bonchev–Trinajstić information content (AvgIpc) is 3.14. The number of amides is 1. The van der Waals surface area contributed by atoms with Gasteiger partial charge in [-0.2, -0.15) is 0 Å². The molecule has 2 aromatic carbocycles. The van der Waals surface area contributed by atoms with Gasteiger partial charge < -0.3 is 4.74 Å². The van der Waals surface area contributed by atoms with E-state index in [1.54, 1.807) is 11.0 Å². The first kappa shape index (κ1) is 23.6. The van der Waals surface area contributed by atoms with E-state index in [0.29, 0.717) is 22.8 Å². The topological polar surface area (TPSA) is 45.7 Å². The van der Waals surface area contributed by atoms with Gasteiger partial charge >= 0.3 is 0 Å². The second-order valence-corrected chi connectivity index (χ2v) is 8.70. The molecule has 0 radical (unpaired) electrons. The fraction of sp³-hybridized carbons (Fsp3) is 0.391. The summed E-state index contributed by atoms with van der Waals surface area (Å²) in [5.41, 5.74) is 3.46. The molecule has 4 rings (SSSR count). The largest absolute Gasteiger partial charge is 0.379 e. The lowest BCUT2D eigenvalue weighted by Crippen LogP contribution is -2.39. The van der Waals surface area contributed by atoms with Gasteiger partial charge in [0, 0.05) is 31.7 Å². The number of morpholine rings is 1. The SMILES string of the molecule is Cc1ccc(C(=O)N(CCCN2CCOCC2)c2nc3ccc(F)cc3s2)c(C)c1.Cl. The third-order valence-corrected chi connectivity index (χ3v) is 6.43. The predicted molar refractivity (Wildman–Crippen MR) is 126 cm³/mol. The number of fused-ring (bicyclic) bond motifs is 1. The summed E-state index contributed by atoms with van der Waals surface area (Å²) in [7, 11) is 0.